The summed E-state index contributed by atoms with van der Waals surface area (Å²) in [6, 6.07) is 18.2. The van der Waals surface area contributed by atoms with Crippen molar-refractivity contribution in [2.75, 3.05) is 26.6 Å². The number of fused-ring (bicyclic) bond motifs is 1. The number of methoxy groups -OCH3 is 3. The van der Waals surface area contributed by atoms with Gasteiger partial charge in [-0.25, -0.2) is 9.97 Å². The lowest BCUT2D eigenvalue weighted by atomic mass is 9.94. The van der Waals surface area contributed by atoms with Crippen LogP contribution in [0.5, 0.6) is 17.2 Å². The number of hydrogen-bond donors (Lipinski definition) is 1. The van der Waals surface area contributed by atoms with Gasteiger partial charge in [0.1, 0.15) is 17.2 Å². The predicted octanol–water partition coefficient (Wildman–Crippen LogP) is 7.04. The zero-order valence-electron chi connectivity index (χ0n) is 21.1. The van der Waals surface area contributed by atoms with Crippen molar-refractivity contribution in [3.63, 3.8) is 0 Å². The number of benzene rings is 3. The lowest BCUT2D eigenvalue weighted by molar-refractivity contribution is 0.394. The van der Waals surface area contributed by atoms with Gasteiger partial charge in [-0.2, -0.15) is 0 Å². The molecule has 0 aliphatic rings. The fraction of sp³-hybridized carbons (Fsp3) is 0.310. The minimum atomic E-state index is 0.512. The molecule has 4 rings (SSSR count). The molecule has 1 N–H and O–H groups in total. The topological polar surface area (TPSA) is 65.5 Å². The third-order valence-electron chi connectivity index (χ3n) is 6.46. The Balaban J connectivity index is 1.73. The van der Waals surface area contributed by atoms with E-state index in [-0.39, 0.29) is 0 Å². The summed E-state index contributed by atoms with van der Waals surface area (Å²) in [7, 11) is 4.98. The standard InChI is InChI=1S/C29H33N3O3/c1-6-19(7-2)13-20-11-12-27(35-5)26(14-20)31-29-30-18-21-9-8-10-25(28(21)32-29)22-15-23(33-3)17-24(16-22)34-4/h8-12,14-19H,6-7,13H2,1-5H3,(H,30,31,32). The first-order valence-electron chi connectivity index (χ1n) is 12.0. The SMILES string of the molecule is CCC(CC)Cc1ccc(OC)c(Nc2ncc3cccc(-c4cc(OC)cc(OC)c4)c3n2)c1. The van der Waals surface area contributed by atoms with Gasteiger partial charge in [0.2, 0.25) is 5.95 Å². The lowest BCUT2D eigenvalue weighted by Gasteiger charge is -2.16. The van der Waals surface area contributed by atoms with Crippen molar-refractivity contribution in [2.24, 2.45) is 5.92 Å². The Morgan fingerprint density at radius 3 is 2.26 bits per heavy atom. The molecule has 0 bridgehead atoms. The van der Waals surface area contributed by atoms with E-state index in [0.717, 1.165) is 64.2 Å². The molecule has 0 fully saturated rings. The van der Waals surface area contributed by atoms with Crippen molar-refractivity contribution in [3.05, 3.63) is 66.4 Å². The van der Waals surface area contributed by atoms with Crippen molar-refractivity contribution in [2.45, 2.75) is 33.1 Å². The van der Waals surface area contributed by atoms with Gasteiger partial charge in [0, 0.05) is 23.2 Å². The Morgan fingerprint density at radius 1 is 0.857 bits per heavy atom. The number of aromatic nitrogens is 2. The van der Waals surface area contributed by atoms with E-state index in [1.54, 1.807) is 21.3 Å². The van der Waals surface area contributed by atoms with E-state index < -0.39 is 0 Å². The quantitative estimate of drug-likeness (QED) is 0.267. The molecule has 0 atom stereocenters. The summed E-state index contributed by atoms with van der Waals surface area (Å²) in [4.78, 5) is 9.47. The Morgan fingerprint density at radius 2 is 1.60 bits per heavy atom. The van der Waals surface area contributed by atoms with Gasteiger partial charge in [0.15, 0.2) is 0 Å². The van der Waals surface area contributed by atoms with Gasteiger partial charge in [-0.3, -0.25) is 0 Å². The van der Waals surface area contributed by atoms with Crippen LogP contribution in [0.4, 0.5) is 11.6 Å². The molecule has 0 unspecified atom stereocenters. The van der Waals surface area contributed by atoms with Crippen LogP contribution >= 0.6 is 0 Å². The van der Waals surface area contributed by atoms with Crippen molar-refractivity contribution in [1.82, 2.24) is 9.97 Å². The molecule has 1 aromatic heterocycles. The highest BCUT2D eigenvalue weighted by atomic mass is 16.5. The fourth-order valence-electron chi connectivity index (χ4n) is 4.32. The zero-order chi connectivity index (χ0) is 24.8. The first-order valence-corrected chi connectivity index (χ1v) is 12.0. The highest BCUT2D eigenvalue weighted by Crippen LogP contribution is 2.34. The van der Waals surface area contributed by atoms with Gasteiger partial charge < -0.3 is 19.5 Å². The summed E-state index contributed by atoms with van der Waals surface area (Å²) >= 11 is 0. The van der Waals surface area contributed by atoms with Crippen LogP contribution < -0.4 is 19.5 Å². The Labute approximate surface area is 207 Å². The van der Waals surface area contributed by atoms with Gasteiger partial charge in [0.25, 0.3) is 0 Å². The van der Waals surface area contributed by atoms with Crippen molar-refractivity contribution in [3.8, 4) is 28.4 Å². The first kappa shape index (κ1) is 24.3. The monoisotopic (exact) mass is 471 g/mol. The van der Waals surface area contributed by atoms with Crippen LogP contribution in [-0.4, -0.2) is 31.3 Å². The molecule has 0 saturated carbocycles. The maximum absolute atomic E-state index is 5.62. The number of nitrogens with zero attached hydrogens (tertiary/aromatic N) is 2. The fourth-order valence-corrected chi connectivity index (χ4v) is 4.32. The summed E-state index contributed by atoms with van der Waals surface area (Å²) in [6.07, 6.45) is 5.20. The molecule has 6 nitrogen and oxygen atoms in total. The second-order valence-electron chi connectivity index (χ2n) is 8.58. The van der Waals surface area contributed by atoms with Crippen LogP contribution in [0.3, 0.4) is 0 Å². The number of rotatable bonds is 10. The van der Waals surface area contributed by atoms with E-state index in [2.05, 4.69) is 36.3 Å². The molecule has 4 aromatic rings. The third kappa shape index (κ3) is 5.48. The van der Waals surface area contributed by atoms with Crippen LogP contribution in [0.1, 0.15) is 32.3 Å². The second-order valence-corrected chi connectivity index (χ2v) is 8.58. The predicted molar refractivity (Wildman–Crippen MR) is 142 cm³/mol. The Kier molecular flexibility index (Phi) is 7.70. The van der Waals surface area contributed by atoms with E-state index >= 15 is 0 Å². The average molecular weight is 472 g/mol. The third-order valence-corrected chi connectivity index (χ3v) is 6.46. The maximum Gasteiger partial charge on any atom is 0.227 e. The minimum Gasteiger partial charge on any atom is -0.497 e. The van der Waals surface area contributed by atoms with Crippen LogP contribution in [0, 0.1) is 5.92 Å². The van der Waals surface area contributed by atoms with Gasteiger partial charge in [0.05, 0.1) is 32.5 Å². The summed E-state index contributed by atoms with van der Waals surface area (Å²) in [5.41, 5.74) is 4.90. The van der Waals surface area contributed by atoms with Crippen LogP contribution in [0.25, 0.3) is 22.0 Å². The summed E-state index contributed by atoms with van der Waals surface area (Å²) in [5, 5.41) is 4.34. The van der Waals surface area contributed by atoms with E-state index in [1.165, 1.54) is 5.56 Å². The van der Waals surface area contributed by atoms with Crippen molar-refractivity contribution in [1.29, 1.82) is 0 Å². The smallest absolute Gasteiger partial charge is 0.227 e. The molecule has 6 heteroatoms. The largest absolute Gasteiger partial charge is 0.497 e. The Bertz CT molecular complexity index is 1280. The van der Waals surface area contributed by atoms with Gasteiger partial charge in [-0.05, 0) is 47.7 Å². The molecule has 1 heterocycles. The summed E-state index contributed by atoms with van der Waals surface area (Å²) in [6.45, 7) is 4.49. The van der Waals surface area contributed by atoms with Crippen LogP contribution in [0.2, 0.25) is 0 Å². The van der Waals surface area contributed by atoms with Crippen molar-refractivity contribution >= 4 is 22.5 Å². The molecule has 182 valence electrons. The molecule has 0 saturated heterocycles. The molecular formula is C29H33N3O3. The van der Waals surface area contributed by atoms with E-state index in [4.69, 9.17) is 19.2 Å². The van der Waals surface area contributed by atoms with E-state index in [0.29, 0.717) is 11.9 Å². The number of anilines is 2. The normalized spacial score (nSPS) is 11.0. The van der Waals surface area contributed by atoms with E-state index in [9.17, 15) is 0 Å². The van der Waals surface area contributed by atoms with Gasteiger partial charge in [-0.15, -0.1) is 0 Å². The minimum absolute atomic E-state index is 0.512. The van der Waals surface area contributed by atoms with Crippen LogP contribution in [0.15, 0.2) is 60.8 Å². The zero-order valence-corrected chi connectivity index (χ0v) is 21.1. The number of ether oxygens (including phenoxy) is 3. The molecule has 0 aliphatic heterocycles. The lowest BCUT2D eigenvalue weighted by Crippen LogP contribution is -2.04. The summed E-state index contributed by atoms with van der Waals surface area (Å²) < 4.78 is 16.6. The Hall–Kier alpha value is -3.80. The summed E-state index contributed by atoms with van der Waals surface area (Å²) in [5.74, 6) is 3.38. The van der Waals surface area contributed by atoms with Gasteiger partial charge in [-0.1, -0.05) is 51.0 Å². The highest BCUT2D eigenvalue weighted by molar-refractivity contribution is 5.94. The number of para-hydroxylation sites is 1. The van der Waals surface area contributed by atoms with Gasteiger partial charge >= 0.3 is 0 Å². The molecule has 35 heavy (non-hydrogen) atoms. The van der Waals surface area contributed by atoms with Crippen LogP contribution in [-0.2, 0) is 6.42 Å². The molecule has 0 aliphatic carbocycles. The maximum atomic E-state index is 5.62. The molecule has 0 amide bonds. The molecule has 3 aromatic carbocycles. The highest BCUT2D eigenvalue weighted by Gasteiger charge is 2.13. The number of nitrogens with one attached hydrogen (secondary N) is 1. The average Bonchev–Trinajstić information content (AvgIpc) is 2.91. The molecular weight excluding hydrogens is 438 g/mol. The second kappa shape index (κ2) is 11.1. The first-order chi connectivity index (χ1) is 17.1. The number of hydrogen-bond acceptors (Lipinski definition) is 6. The molecule has 0 radical (unpaired) electrons. The van der Waals surface area contributed by atoms with Crippen molar-refractivity contribution < 1.29 is 14.2 Å². The molecule has 0 spiro atoms. The van der Waals surface area contributed by atoms with E-state index in [1.807, 2.05) is 48.7 Å².